The van der Waals surface area contributed by atoms with Crippen LogP contribution in [0.25, 0.3) is 6.08 Å². The molecule has 3 amide bonds. The molecule has 0 bridgehead atoms. The molecule has 1 N–H and O–H groups in total. The molecule has 0 saturated carbocycles. The number of benzene rings is 3. The molecule has 1 heterocycles. The Balaban J connectivity index is 1.39. The predicted molar refractivity (Wildman–Crippen MR) is 137 cm³/mol. The Morgan fingerprint density at radius 1 is 1.09 bits per heavy atom. The van der Waals surface area contributed by atoms with E-state index >= 15 is 0 Å². The fourth-order valence-electron chi connectivity index (χ4n) is 3.23. The fraction of sp³-hybridized carbons (Fsp3) is 0.115. The zero-order chi connectivity index (χ0) is 24.9. The third-order valence-electron chi connectivity index (χ3n) is 5.07. The van der Waals surface area contributed by atoms with Crippen LogP contribution < -0.4 is 10.1 Å². The van der Waals surface area contributed by atoms with Crippen molar-refractivity contribution in [3.8, 4) is 5.75 Å². The Labute approximate surface area is 214 Å². The highest BCUT2D eigenvalue weighted by Gasteiger charge is 2.36. The number of halogens is 2. The first-order valence-electron chi connectivity index (χ1n) is 10.6. The molecule has 1 aliphatic rings. The number of ether oxygens (including phenoxy) is 1. The van der Waals surface area contributed by atoms with E-state index in [1.807, 2.05) is 31.2 Å². The molecule has 0 spiro atoms. The van der Waals surface area contributed by atoms with Crippen molar-refractivity contribution >= 4 is 56.5 Å². The van der Waals surface area contributed by atoms with Gasteiger partial charge in [0.05, 0.1) is 9.38 Å². The van der Waals surface area contributed by atoms with Crippen LogP contribution in [0, 0.1) is 12.7 Å². The van der Waals surface area contributed by atoms with Gasteiger partial charge in [0.15, 0.2) is 0 Å². The van der Waals surface area contributed by atoms with Crippen LogP contribution in [0.1, 0.15) is 16.7 Å². The molecule has 0 radical (unpaired) electrons. The van der Waals surface area contributed by atoms with Crippen molar-refractivity contribution in [3.05, 3.63) is 98.6 Å². The summed E-state index contributed by atoms with van der Waals surface area (Å²) in [5.41, 5.74) is 3.29. The number of thioether (sulfide) groups is 1. The lowest BCUT2D eigenvalue weighted by atomic mass is 10.1. The first-order chi connectivity index (χ1) is 16.8. The molecule has 1 saturated heterocycles. The van der Waals surface area contributed by atoms with Crippen LogP contribution in [0.2, 0.25) is 0 Å². The maximum absolute atomic E-state index is 13.0. The van der Waals surface area contributed by atoms with E-state index in [0.29, 0.717) is 28.1 Å². The zero-order valence-corrected chi connectivity index (χ0v) is 21.0. The second-order valence-electron chi connectivity index (χ2n) is 7.79. The number of nitrogens with zero attached hydrogens (tertiary/aromatic N) is 1. The third-order valence-corrected chi connectivity index (χ3v) is 6.60. The molecular weight excluding hydrogens is 535 g/mol. The summed E-state index contributed by atoms with van der Waals surface area (Å²) in [6.07, 6.45) is 1.59. The van der Waals surface area contributed by atoms with Gasteiger partial charge < -0.3 is 10.1 Å². The van der Waals surface area contributed by atoms with Gasteiger partial charge in [-0.25, -0.2) is 4.39 Å². The third kappa shape index (κ3) is 6.37. The standard InChI is InChI=1S/C26H20BrFN2O4S/c1-16-2-4-17(5-3-16)15-34-22-11-6-18(12-21(22)27)13-23-25(32)30(26(33)35-23)14-24(31)29-20-9-7-19(28)8-10-20/h2-13H,14-15H2,1H3,(H,29,31)/b23-13-. The largest absolute Gasteiger partial charge is 0.488 e. The predicted octanol–water partition coefficient (Wildman–Crippen LogP) is 6.15. The number of amides is 3. The first-order valence-corrected chi connectivity index (χ1v) is 12.2. The molecule has 178 valence electrons. The van der Waals surface area contributed by atoms with E-state index in [1.165, 1.54) is 29.8 Å². The number of carbonyl (C=O) groups excluding carboxylic acids is 3. The molecule has 35 heavy (non-hydrogen) atoms. The van der Waals surface area contributed by atoms with E-state index in [2.05, 4.69) is 21.2 Å². The van der Waals surface area contributed by atoms with E-state index in [-0.39, 0.29) is 4.91 Å². The molecule has 3 aromatic rings. The Morgan fingerprint density at radius 2 is 1.80 bits per heavy atom. The molecule has 4 rings (SSSR count). The van der Waals surface area contributed by atoms with Crippen LogP contribution in [0.15, 0.2) is 76.1 Å². The average Bonchev–Trinajstić information content (AvgIpc) is 3.08. The van der Waals surface area contributed by atoms with Crippen LogP contribution in [0.4, 0.5) is 14.9 Å². The highest BCUT2D eigenvalue weighted by molar-refractivity contribution is 9.10. The SMILES string of the molecule is Cc1ccc(COc2ccc(/C=C3\SC(=O)N(CC(=O)Nc4ccc(F)cc4)C3=O)cc2Br)cc1. The van der Waals surface area contributed by atoms with Gasteiger partial charge in [0, 0.05) is 5.69 Å². The number of hydrogen-bond donors (Lipinski definition) is 1. The molecular formula is C26H20BrFN2O4S. The Bertz CT molecular complexity index is 1310. The molecule has 6 nitrogen and oxygen atoms in total. The van der Waals surface area contributed by atoms with E-state index in [4.69, 9.17) is 4.74 Å². The summed E-state index contributed by atoms with van der Waals surface area (Å²) in [7, 11) is 0. The van der Waals surface area contributed by atoms with Gasteiger partial charge in [0.2, 0.25) is 5.91 Å². The second-order valence-corrected chi connectivity index (χ2v) is 9.63. The van der Waals surface area contributed by atoms with Crippen molar-refractivity contribution in [2.75, 3.05) is 11.9 Å². The second kappa shape index (κ2) is 10.9. The quantitative estimate of drug-likeness (QED) is 0.354. The normalized spacial score (nSPS) is 14.5. The van der Waals surface area contributed by atoms with Gasteiger partial charge in [0.1, 0.15) is 24.7 Å². The van der Waals surface area contributed by atoms with Crippen LogP contribution in [0.3, 0.4) is 0 Å². The van der Waals surface area contributed by atoms with Crippen molar-refractivity contribution in [3.63, 3.8) is 0 Å². The van der Waals surface area contributed by atoms with Gasteiger partial charge in [-0.3, -0.25) is 19.3 Å². The van der Waals surface area contributed by atoms with E-state index < -0.39 is 29.4 Å². The lowest BCUT2D eigenvalue weighted by Crippen LogP contribution is -2.36. The Kier molecular flexibility index (Phi) is 7.67. The molecule has 9 heteroatoms. The monoisotopic (exact) mass is 554 g/mol. The van der Waals surface area contributed by atoms with Gasteiger partial charge in [-0.05, 0) is 88.2 Å². The molecule has 0 atom stereocenters. The summed E-state index contributed by atoms with van der Waals surface area (Å²) < 4.78 is 19.6. The Morgan fingerprint density at radius 3 is 2.49 bits per heavy atom. The van der Waals surface area contributed by atoms with E-state index in [9.17, 15) is 18.8 Å². The van der Waals surface area contributed by atoms with Crippen molar-refractivity contribution in [1.82, 2.24) is 4.90 Å². The van der Waals surface area contributed by atoms with Crippen LogP contribution in [0.5, 0.6) is 5.75 Å². The number of hydrogen-bond acceptors (Lipinski definition) is 5. The zero-order valence-electron chi connectivity index (χ0n) is 18.6. The number of aryl methyl sites for hydroxylation is 1. The van der Waals surface area contributed by atoms with Crippen molar-refractivity contribution in [2.24, 2.45) is 0 Å². The maximum Gasteiger partial charge on any atom is 0.294 e. The van der Waals surface area contributed by atoms with Crippen LogP contribution in [-0.2, 0) is 16.2 Å². The lowest BCUT2D eigenvalue weighted by Gasteiger charge is -2.12. The molecule has 0 aromatic heterocycles. The van der Waals surface area contributed by atoms with Crippen molar-refractivity contribution in [2.45, 2.75) is 13.5 Å². The molecule has 3 aromatic carbocycles. The van der Waals surface area contributed by atoms with Gasteiger partial charge in [-0.15, -0.1) is 0 Å². The number of anilines is 1. The van der Waals surface area contributed by atoms with Gasteiger partial charge in [-0.1, -0.05) is 35.9 Å². The van der Waals surface area contributed by atoms with Crippen molar-refractivity contribution < 1.29 is 23.5 Å². The average molecular weight is 555 g/mol. The number of nitrogens with one attached hydrogen (secondary N) is 1. The van der Waals surface area contributed by atoms with Crippen LogP contribution >= 0.6 is 27.7 Å². The highest BCUT2D eigenvalue weighted by atomic mass is 79.9. The molecule has 0 unspecified atom stereocenters. The van der Waals surface area contributed by atoms with Gasteiger partial charge in [-0.2, -0.15) is 0 Å². The van der Waals surface area contributed by atoms with Gasteiger partial charge >= 0.3 is 0 Å². The fourth-order valence-corrected chi connectivity index (χ4v) is 4.58. The number of imide groups is 1. The first kappa shape index (κ1) is 24.7. The van der Waals surface area contributed by atoms with Crippen LogP contribution in [-0.4, -0.2) is 28.5 Å². The molecule has 1 fully saturated rings. The summed E-state index contributed by atoms with van der Waals surface area (Å²) in [4.78, 5) is 38.4. The van der Waals surface area contributed by atoms with Gasteiger partial charge in [0.25, 0.3) is 11.1 Å². The summed E-state index contributed by atoms with van der Waals surface area (Å²) in [5, 5.41) is 2.01. The molecule has 1 aliphatic heterocycles. The lowest BCUT2D eigenvalue weighted by molar-refractivity contribution is -0.127. The summed E-state index contributed by atoms with van der Waals surface area (Å²) in [6.45, 7) is 2.00. The minimum Gasteiger partial charge on any atom is -0.488 e. The van der Waals surface area contributed by atoms with E-state index in [0.717, 1.165) is 22.2 Å². The summed E-state index contributed by atoms with van der Waals surface area (Å²) in [6, 6.07) is 18.6. The number of carbonyl (C=O) groups is 3. The van der Waals surface area contributed by atoms with E-state index in [1.54, 1.807) is 24.3 Å². The smallest absolute Gasteiger partial charge is 0.294 e. The van der Waals surface area contributed by atoms with Crippen molar-refractivity contribution in [1.29, 1.82) is 0 Å². The number of rotatable bonds is 7. The topological polar surface area (TPSA) is 75.7 Å². The summed E-state index contributed by atoms with van der Waals surface area (Å²) in [5.74, 6) is -0.895. The molecule has 0 aliphatic carbocycles. The highest BCUT2D eigenvalue weighted by Crippen LogP contribution is 2.34. The Hall–Kier alpha value is -3.43. The summed E-state index contributed by atoms with van der Waals surface area (Å²) >= 11 is 4.26. The minimum absolute atomic E-state index is 0.213. The maximum atomic E-state index is 13.0. The minimum atomic E-state index is -0.557.